The lowest BCUT2D eigenvalue weighted by molar-refractivity contribution is 0.0760. The highest BCUT2D eigenvalue weighted by Crippen LogP contribution is 2.36. The van der Waals surface area contributed by atoms with E-state index in [1.807, 2.05) is 11.0 Å². The van der Waals surface area contributed by atoms with E-state index in [2.05, 4.69) is 29.2 Å². The molecule has 1 saturated heterocycles. The first-order valence-electron chi connectivity index (χ1n) is 9.09. The molecule has 2 aromatic carbocycles. The molecule has 1 aliphatic heterocycles. The van der Waals surface area contributed by atoms with Gasteiger partial charge in [-0.1, -0.05) is 41.9 Å². The van der Waals surface area contributed by atoms with E-state index in [9.17, 15) is 4.79 Å². The summed E-state index contributed by atoms with van der Waals surface area (Å²) in [5.74, 6) is 0.883. The third kappa shape index (κ3) is 4.73. The Kier molecular flexibility index (Phi) is 6.58. The van der Waals surface area contributed by atoms with Gasteiger partial charge in [0.2, 0.25) is 0 Å². The molecule has 0 atom stereocenters. The van der Waals surface area contributed by atoms with E-state index in [4.69, 9.17) is 21.1 Å². The normalized spacial score (nSPS) is 15.3. The number of halogens is 1. The fraction of sp³-hybridized carbons (Fsp3) is 0.381. The molecule has 1 heterocycles. The second-order valence-corrected chi connectivity index (χ2v) is 7.01. The lowest BCUT2D eigenvalue weighted by Gasteiger charge is -2.22. The molecule has 0 aliphatic carbocycles. The van der Waals surface area contributed by atoms with Gasteiger partial charge in [-0.2, -0.15) is 0 Å². The summed E-state index contributed by atoms with van der Waals surface area (Å²) >= 11 is 6.26. The van der Waals surface area contributed by atoms with Gasteiger partial charge < -0.3 is 14.4 Å². The Morgan fingerprint density at radius 3 is 2.52 bits per heavy atom. The molecule has 0 spiro atoms. The fourth-order valence-electron chi connectivity index (χ4n) is 3.40. The van der Waals surface area contributed by atoms with Crippen LogP contribution in [0.5, 0.6) is 11.5 Å². The fourth-order valence-corrected chi connectivity index (χ4v) is 3.69. The first-order valence-corrected chi connectivity index (χ1v) is 9.47. The van der Waals surface area contributed by atoms with Gasteiger partial charge in [-0.15, -0.1) is 0 Å². The van der Waals surface area contributed by atoms with Crippen molar-refractivity contribution < 1.29 is 14.3 Å². The smallest absolute Gasteiger partial charge is 0.254 e. The second kappa shape index (κ2) is 9.11. The summed E-state index contributed by atoms with van der Waals surface area (Å²) in [5, 5.41) is 0.376. The molecule has 27 heavy (non-hydrogen) atoms. The molecule has 3 rings (SSSR count). The van der Waals surface area contributed by atoms with Crippen LogP contribution in [0.2, 0.25) is 5.02 Å². The van der Waals surface area contributed by atoms with Gasteiger partial charge in [-0.25, -0.2) is 0 Å². The zero-order valence-electron chi connectivity index (χ0n) is 15.8. The lowest BCUT2D eigenvalue weighted by atomic mass is 10.1. The number of benzene rings is 2. The zero-order valence-corrected chi connectivity index (χ0v) is 16.5. The molecule has 0 unspecified atom stereocenters. The number of hydrogen-bond donors (Lipinski definition) is 0. The van der Waals surface area contributed by atoms with Crippen LogP contribution in [0.3, 0.4) is 0 Å². The number of ether oxygens (including phenoxy) is 2. The summed E-state index contributed by atoms with van der Waals surface area (Å²) in [6, 6.07) is 13.8. The molecule has 1 amide bonds. The van der Waals surface area contributed by atoms with Gasteiger partial charge in [0.05, 0.1) is 19.2 Å². The van der Waals surface area contributed by atoms with Crippen LogP contribution in [0, 0.1) is 0 Å². The minimum atomic E-state index is -0.0283. The van der Waals surface area contributed by atoms with Crippen LogP contribution in [0.1, 0.15) is 22.3 Å². The molecule has 0 aromatic heterocycles. The van der Waals surface area contributed by atoms with Crippen molar-refractivity contribution in [2.45, 2.75) is 13.0 Å². The lowest BCUT2D eigenvalue weighted by Crippen LogP contribution is -2.35. The van der Waals surface area contributed by atoms with Crippen LogP contribution in [0.4, 0.5) is 0 Å². The molecule has 1 aliphatic rings. The van der Waals surface area contributed by atoms with Crippen LogP contribution in [-0.4, -0.2) is 56.1 Å². The van der Waals surface area contributed by atoms with Gasteiger partial charge >= 0.3 is 0 Å². The topological polar surface area (TPSA) is 42.0 Å². The summed E-state index contributed by atoms with van der Waals surface area (Å²) in [5.41, 5.74) is 1.82. The maximum absolute atomic E-state index is 13.0. The molecule has 6 heteroatoms. The van der Waals surface area contributed by atoms with Crippen LogP contribution in [0.25, 0.3) is 0 Å². The van der Waals surface area contributed by atoms with Gasteiger partial charge in [-0.05, 0) is 24.1 Å². The Bertz CT molecular complexity index is 782. The standard InChI is InChI=1S/C21H25ClN2O3/c1-26-19-14-17(13-18(22)20(19)27-2)21(25)24-10-6-9-23(11-12-24)15-16-7-4-3-5-8-16/h3-5,7-8,13-14H,6,9-12,15H2,1-2H3. The third-order valence-electron chi connectivity index (χ3n) is 4.81. The van der Waals surface area contributed by atoms with Crippen LogP contribution in [-0.2, 0) is 6.54 Å². The summed E-state index contributed by atoms with van der Waals surface area (Å²) < 4.78 is 10.6. The number of methoxy groups -OCH3 is 2. The minimum Gasteiger partial charge on any atom is -0.493 e. The summed E-state index contributed by atoms with van der Waals surface area (Å²) in [7, 11) is 3.07. The maximum atomic E-state index is 13.0. The van der Waals surface area contributed by atoms with Gasteiger partial charge in [0.15, 0.2) is 11.5 Å². The minimum absolute atomic E-state index is 0.0283. The molecular formula is C21H25ClN2O3. The molecule has 0 saturated carbocycles. The van der Waals surface area contributed by atoms with Crippen molar-refractivity contribution in [2.75, 3.05) is 40.4 Å². The van der Waals surface area contributed by atoms with E-state index < -0.39 is 0 Å². The highest BCUT2D eigenvalue weighted by atomic mass is 35.5. The number of nitrogens with zero attached hydrogens (tertiary/aromatic N) is 2. The Labute approximate surface area is 165 Å². The van der Waals surface area contributed by atoms with Crippen molar-refractivity contribution in [3.8, 4) is 11.5 Å². The second-order valence-electron chi connectivity index (χ2n) is 6.60. The van der Waals surface area contributed by atoms with E-state index >= 15 is 0 Å². The van der Waals surface area contributed by atoms with Crippen molar-refractivity contribution in [3.05, 3.63) is 58.6 Å². The number of hydrogen-bond acceptors (Lipinski definition) is 4. The molecular weight excluding hydrogens is 364 g/mol. The predicted octanol–water partition coefficient (Wildman–Crippen LogP) is 3.71. The van der Waals surface area contributed by atoms with E-state index in [1.54, 1.807) is 12.1 Å². The summed E-state index contributed by atoms with van der Waals surface area (Å²) in [6.45, 7) is 4.16. The number of rotatable bonds is 5. The summed E-state index contributed by atoms with van der Waals surface area (Å²) in [6.07, 6.45) is 0.944. The maximum Gasteiger partial charge on any atom is 0.254 e. The van der Waals surface area contributed by atoms with E-state index in [0.717, 1.165) is 32.6 Å². The predicted molar refractivity (Wildman–Crippen MR) is 107 cm³/mol. The first-order chi connectivity index (χ1) is 13.1. The quantitative estimate of drug-likeness (QED) is 0.783. The van der Waals surface area contributed by atoms with Gasteiger partial charge in [0, 0.05) is 38.3 Å². The Morgan fingerprint density at radius 1 is 1.04 bits per heavy atom. The highest BCUT2D eigenvalue weighted by Gasteiger charge is 2.22. The van der Waals surface area contributed by atoms with Crippen LogP contribution < -0.4 is 9.47 Å². The highest BCUT2D eigenvalue weighted by molar-refractivity contribution is 6.32. The van der Waals surface area contributed by atoms with Crippen LogP contribution >= 0.6 is 11.6 Å². The Balaban J connectivity index is 1.68. The van der Waals surface area contributed by atoms with E-state index in [-0.39, 0.29) is 5.91 Å². The molecule has 1 fully saturated rings. The average Bonchev–Trinajstić information content (AvgIpc) is 2.93. The summed E-state index contributed by atoms with van der Waals surface area (Å²) in [4.78, 5) is 17.3. The number of amides is 1. The van der Waals surface area contributed by atoms with Gasteiger partial charge in [-0.3, -0.25) is 9.69 Å². The monoisotopic (exact) mass is 388 g/mol. The molecule has 0 N–H and O–H groups in total. The first kappa shape index (κ1) is 19.5. The Morgan fingerprint density at radius 2 is 1.81 bits per heavy atom. The van der Waals surface area contributed by atoms with Crippen molar-refractivity contribution in [3.63, 3.8) is 0 Å². The molecule has 0 bridgehead atoms. The third-order valence-corrected chi connectivity index (χ3v) is 5.09. The van der Waals surface area contributed by atoms with Crippen molar-refractivity contribution >= 4 is 17.5 Å². The van der Waals surface area contributed by atoms with Gasteiger partial charge in [0.1, 0.15) is 0 Å². The van der Waals surface area contributed by atoms with Crippen LogP contribution in [0.15, 0.2) is 42.5 Å². The zero-order chi connectivity index (χ0) is 19.2. The molecule has 144 valence electrons. The average molecular weight is 389 g/mol. The molecule has 0 radical (unpaired) electrons. The van der Waals surface area contributed by atoms with E-state index in [0.29, 0.717) is 28.6 Å². The largest absolute Gasteiger partial charge is 0.493 e. The SMILES string of the molecule is COc1cc(C(=O)N2CCCN(Cc3ccccc3)CC2)cc(Cl)c1OC. The number of carbonyl (C=O) groups is 1. The van der Waals surface area contributed by atoms with Crippen molar-refractivity contribution in [1.29, 1.82) is 0 Å². The van der Waals surface area contributed by atoms with E-state index in [1.165, 1.54) is 19.8 Å². The molecule has 5 nitrogen and oxygen atoms in total. The molecule has 2 aromatic rings. The van der Waals surface area contributed by atoms with Gasteiger partial charge in [0.25, 0.3) is 5.91 Å². The Hall–Kier alpha value is -2.24. The van der Waals surface area contributed by atoms with Crippen molar-refractivity contribution in [2.24, 2.45) is 0 Å². The van der Waals surface area contributed by atoms with Crippen molar-refractivity contribution in [1.82, 2.24) is 9.80 Å². The number of carbonyl (C=O) groups excluding carboxylic acids is 1.